The van der Waals surface area contributed by atoms with E-state index in [4.69, 9.17) is 0 Å². The molecule has 1 aromatic carbocycles. The summed E-state index contributed by atoms with van der Waals surface area (Å²) in [5.41, 5.74) is 3.50. The number of nitrogens with one attached hydrogen (secondary N) is 2. The molecule has 0 spiro atoms. The molecule has 8 heteroatoms. The van der Waals surface area contributed by atoms with Gasteiger partial charge in [0.1, 0.15) is 0 Å². The predicted octanol–water partition coefficient (Wildman–Crippen LogP) is 0.171. The number of benzene rings is 1. The minimum Gasteiger partial charge on any atom is -0.315 e. The van der Waals surface area contributed by atoms with E-state index >= 15 is 0 Å². The third-order valence-electron chi connectivity index (χ3n) is 3.27. The van der Waals surface area contributed by atoms with Gasteiger partial charge < -0.3 is 4.90 Å². The van der Waals surface area contributed by atoms with Crippen LogP contribution in [0.4, 0.5) is 5.69 Å². The van der Waals surface area contributed by atoms with Crippen molar-refractivity contribution in [1.29, 1.82) is 0 Å². The standard InChI is InChI=1S/C13H17N3O4S/c1-8(2)13(18)14-15-21(19,20)10-4-5-11-9(6-10)7-12(17)16(11)3/h4-6,8,15H,7H2,1-3H3,(H,14,18). The molecule has 0 fully saturated rings. The highest BCUT2D eigenvalue weighted by atomic mass is 32.2. The number of fused-ring (bicyclic) bond motifs is 1. The second-order valence-electron chi connectivity index (χ2n) is 5.17. The molecule has 0 radical (unpaired) electrons. The lowest BCUT2D eigenvalue weighted by Crippen LogP contribution is -2.43. The maximum atomic E-state index is 12.1. The summed E-state index contributed by atoms with van der Waals surface area (Å²) in [7, 11) is -2.21. The first-order chi connectivity index (χ1) is 9.72. The molecule has 2 amide bonds. The summed E-state index contributed by atoms with van der Waals surface area (Å²) in [5, 5.41) is 0. The zero-order valence-corrected chi connectivity index (χ0v) is 12.8. The van der Waals surface area contributed by atoms with Crippen LogP contribution in [-0.2, 0) is 26.0 Å². The molecule has 114 valence electrons. The summed E-state index contributed by atoms with van der Waals surface area (Å²) in [6.45, 7) is 3.31. The Morgan fingerprint density at radius 2 is 2.00 bits per heavy atom. The largest absolute Gasteiger partial charge is 0.315 e. The van der Waals surface area contributed by atoms with E-state index in [1.165, 1.54) is 17.0 Å². The SMILES string of the molecule is CC(C)C(=O)NNS(=O)(=O)c1ccc2c(c1)CC(=O)N2C. The van der Waals surface area contributed by atoms with Gasteiger partial charge in [-0.15, -0.1) is 4.83 Å². The van der Waals surface area contributed by atoms with Crippen LogP contribution in [0.25, 0.3) is 0 Å². The molecule has 1 heterocycles. The molecule has 1 aliphatic heterocycles. The van der Waals surface area contributed by atoms with Crippen molar-refractivity contribution in [3.8, 4) is 0 Å². The quantitative estimate of drug-likeness (QED) is 0.775. The molecule has 0 aromatic heterocycles. The number of hydrogen-bond acceptors (Lipinski definition) is 4. The number of amides is 2. The van der Waals surface area contributed by atoms with Crippen molar-refractivity contribution in [1.82, 2.24) is 10.3 Å². The number of anilines is 1. The van der Waals surface area contributed by atoms with Crippen molar-refractivity contribution in [2.75, 3.05) is 11.9 Å². The van der Waals surface area contributed by atoms with E-state index in [9.17, 15) is 18.0 Å². The molecule has 0 aliphatic carbocycles. The van der Waals surface area contributed by atoms with Crippen molar-refractivity contribution < 1.29 is 18.0 Å². The number of hydrogen-bond donors (Lipinski definition) is 2. The third-order valence-corrected chi connectivity index (χ3v) is 4.52. The molecule has 2 rings (SSSR count). The van der Waals surface area contributed by atoms with Crippen LogP contribution in [0.15, 0.2) is 23.1 Å². The first kappa shape index (κ1) is 15.5. The molecular formula is C13H17N3O4S. The fourth-order valence-electron chi connectivity index (χ4n) is 1.93. The van der Waals surface area contributed by atoms with Crippen LogP contribution in [0.1, 0.15) is 19.4 Å². The average molecular weight is 311 g/mol. The number of sulfonamides is 1. The predicted molar refractivity (Wildman–Crippen MR) is 76.9 cm³/mol. The minimum atomic E-state index is -3.86. The van der Waals surface area contributed by atoms with Crippen LogP contribution in [0.5, 0.6) is 0 Å². The third kappa shape index (κ3) is 3.06. The molecule has 1 aliphatic rings. The zero-order chi connectivity index (χ0) is 15.8. The molecule has 0 atom stereocenters. The van der Waals surface area contributed by atoms with Gasteiger partial charge in [-0.3, -0.25) is 15.0 Å². The van der Waals surface area contributed by atoms with E-state index in [1.807, 2.05) is 4.83 Å². The lowest BCUT2D eigenvalue weighted by molar-refractivity contribution is -0.124. The number of likely N-dealkylation sites (N-methyl/N-ethyl adjacent to an activating group) is 1. The number of hydrazine groups is 1. The van der Waals surface area contributed by atoms with Crippen molar-refractivity contribution >= 4 is 27.5 Å². The molecule has 0 bridgehead atoms. The fraction of sp³-hybridized carbons (Fsp3) is 0.385. The number of rotatable bonds is 4. The maximum Gasteiger partial charge on any atom is 0.257 e. The lowest BCUT2D eigenvalue weighted by Gasteiger charge is -2.12. The van der Waals surface area contributed by atoms with Gasteiger partial charge in [-0.25, -0.2) is 8.42 Å². The fourth-order valence-corrected chi connectivity index (χ4v) is 2.83. The molecule has 0 unspecified atom stereocenters. The van der Waals surface area contributed by atoms with E-state index in [0.717, 1.165) is 0 Å². The van der Waals surface area contributed by atoms with E-state index in [-0.39, 0.29) is 23.1 Å². The van der Waals surface area contributed by atoms with Crippen LogP contribution >= 0.6 is 0 Å². The monoisotopic (exact) mass is 311 g/mol. The van der Waals surface area contributed by atoms with Gasteiger partial charge in [-0.1, -0.05) is 13.8 Å². The van der Waals surface area contributed by atoms with E-state index in [0.29, 0.717) is 11.3 Å². The van der Waals surface area contributed by atoms with E-state index < -0.39 is 15.9 Å². The second-order valence-corrected chi connectivity index (χ2v) is 6.85. The Hall–Kier alpha value is -1.93. The van der Waals surface area contributed by atoms with Crippen molar-refractivity contribution in [2.24, 2.45) is 5.92 Å². The number of carbonyl (C=O) groups excluding carboxylic acids is 2. The maximum absolute atomic E-state index is 12.1. The topological polar surface area (TPSA) is 95.6 Å². The summed E-state index contributed by atoms with van der Waals surface area (Å²) >= 11 is 0. The van der Waals surface area contributed by atoms with Crippen LogP contribution in [0.2, 0.25) is 0 Å². The Morgan fingerprint density at radius 1 is 1.33 bits per heavy atom. The van der Waals surface area contributed by atoms with Crippen LogP contribution < -0.4 is 15.2 Å². The Morgan fingerprint density at radius 3 is 2.62 bits per heavy atom. The molecule has 0 saturated carbocycles. The van der Waals surface area contributed by atoms with Crippen molar-refractivity contribution in [3.63, 3.8) is 0 Å². The summed E-state index contributed by atoms with van der Waals surface area (Å²) in [6, 6.07) is 4.43. The summed E-state index contributed by atoms with van der Waals surface area (Å²) < 4.78 is 24.2. The zero-order valence-electron chi connectivity index (χ0n) is 12.0. The highest BCUT2D eigenvalue weighted by Gasteiger charge is 2.26. The molecule has 0 saturated heterocycles. The first-order valence-corrected chi connectivity index (χ1v) is 7.92. The normalized spacial score (nSPS) is 14.5. The minimum absolute atomic E-state index is 0.00778. The van der Waals surface area contributed by atoms with Gasteiger partial charge in [0.05, 0.1) is 11.3 Å². The lowest BCUT2D eigenvalue weighted by atomic mass is 10.2. The molecule has 2 N–H and O–H groups in total. The van der Waals surface area contributed by atoms with Crippen LogP contribution in [0, 0.1) is 5.92 Å². The first-order valence-electron chi connectivity index (χ1n) is 6.43. The Bertz CT molecular complexity index is 697. The van der Waals surface area contributed by atoms with Gasteiger partial charge in [-0.05, 0) is 23.8 Å². The van der Waals surface area contributed by atoms with Gasteiger partial charge in [-0.2, -0.15) is 0 Å². The van der Waals surface area contributed by atoms with Gasteiger partial charge in [0.2, 0.25) is 11.8 Å². The molecule has 7 nitrogen and oxygen atoms in total. The Kier molecular flexibility index (Phi) is 4.02. The van der Waals surface area contributed by atoms with Crippen LogP contribution in [-0.4, -0.2) is 27.3 Å². The molecule has 1 aromatic rings. The smallest absolute Gasteiger partial charge is 0.257 e. The number of nitrogens with zero attached hydrogens (tertiary/aromatic N) is 1. The van der Waals surface area contributed by atoms with E-state index in [1.54, 1.807) is 27.0 Å². The molecule has 21 heavy (non-hydrogen) atoms. The van der Waals surface area contributed by atoms with Gasteiger partial charge in [0.15, 0.2) is 0 Å². The van der Waals surface area contributed by atoms with Crippen molar-refractivity contribution in [2.45, 2.75) is 25.2 Å². The second kappa shape index (κ2) is 5.45. The summed E-state index contributed by atoms with van der Waals surface area (Å²) in [5.74, 6) is -0.839. The Labute approximate surface area is 123 Å². The molecular weight excluding hydrogens is 294 g/mol. The Balaban J connectivity index is 2.21. The van der Waals surface area contributed by atoms with E-state index in [2.05, 4.69) is 5.43 Å². The van der Waals surface area contributed by atoms with Gasteiger partial charge >= 0.3 is 0 Å². The van der Waals surface area contributed by atoms with Crippen LogP contribution in [0.3, 0.4) is 0 Å². The number of carbonyl (C=O) groups is 2. The summed E-state index contributed by atoms with van der Waals surface area (Å²) in [4.78, 5) is 26.5. The van der Waals surface area contributed by atoms with Crippen molar-refractivity contribution in [3.05, 3.63) is 23.8 Å². The highest BCUT2D eigenvalue weighted by molar-refractivity contribution is 7.89. The highest BCUT2D eigenvalue weighted by Crippen LogP contribution is 2.29. The van der Waals surface area contributed by atoms with Gasteiger partial charge in [0.25, 0.3) is 10.0 Å². The summed E-state index contributed by atoms with van der Waals surface area (Å²) in [6.07, 6.45) is 0.174. The van der Waals surface area contributed by atoms with Gasteiger partial charge in [0, 0.05) is 18.7 Å². The average Bonchev–Trinajstić information content (AvgIpc) is 2.71.